The van der Waals surface area contributed by atoms with Crippen molar-refractivity contribution in [3.05, 3.63) is 102 Å². The molecule has 0 saturated carbocycles. The Morgan fingerprint density at radius 2 is 1.50 bits per heavy atom. The summed E-state index contributed by atoms with van der Waals surface area (Å²) in [5, 5.41) is 11.1. The van der Waals surface area contributed by atoms with E-state index in [0.717, 1.165) is 37.3 Å². The van der Waals surface area contributed by atoms with E-state index in [2.05, 4.69) is 54.1 Å². The van der Waals surface area contributed by atoms with E-state index in [1.54, 1.807) is 0 Å². The van der Waals surface area contributed by atoms with Crippen LogP contribution in [0, 0.1) is 0 Å². The predicted molar refractivity (Wildman–Crippen MR) is 133 cm³/mol. The highest BCUT2D eigenvalue weighted by atomic mass is 16.5. The van der Waals surface area contributed by atoms with Crippen LogP contribution >= 0.6 is 0 Å². The van der Waals surface area contributed by atoms with E-state index >= 15 is 0 Å². The number of aliphatic hydroxyl groups is 1. The molecule has 0 aliphatic carbocycles. The number of hydrogen-bond acceptors (Lipinski definition) is 3. The standard InChI is InChI=1S/C15H13NO.C13H21NO/c1-2-4-12(5-3-1)11-17-14-6-7-15-13(10-14)8-9-16-15;1-3-14(4-2)11-13(15)10-12-8-6-5-7-9-12/h1-10,16H,11H2;5-9,13,15H,3-4,10-11H2,1-2H3. The SMILES string of the molecule is CCN(CC)CC(O)Cc1ccccc1.c1ccc(COc2ccc3[nH]ccc3c2)cc1. The van der Waals surface area contributed by atoms with Gasteiger partial charge in [-0.2, -0.15) is 0 Å². The van der Waals surface area contributed by atoms with Crippen LogP contribution in [-0.2, 0) is 13.0 Å². The second-order valence-electron chi connectivity index (χ2n) is 7.83. The van der Waals surface area contributed by atoms with Gasteiger partial charge >= 0.3 is 0 Å². The summed E-state index contributed by atoms with van der Waals surface area (Å²) in [6.07, 6.45) is 2.43. The third-order valence-electron chi connectivity index (χ3n) is 5.45. The number of hydrogen-bond donors (Lipinski definition) is 2. The summed E-state index contributed by atoms with van der Waals surface area (Å²) in [5.41, 5.74) is 3.52. The highest BCUT2D eigenvalue weighted by Gasteiger charge is 2.09. The minimum absolute atomic E-state index is 0.257. The van der Waals surface area contributed by atoms with Crippen molar-refractivity contribution in [2.24, 2.45) is 0 Å². The third kappa shape index (κ3) is 7.56. The Balaban J connectivity index is 0.000000183. The Morgan fingerprint density at radius 3 is 2.16 bits per heavy atom. The van der Waals surface area contributed by atoms with Crippen molar-refractivity contribution < 1.29 is 9.84 Å². The molecule has 1 unspecified atom stereocenters. The molecular formula is C28H34N2O2. The Hall–Kier alpha value is -3.08. The fraction of sp³-hybridized carbons (Fsp3) is 0.286. The molecule has 168 valence electrons. The normalized spacial score (nSPS) is 11.8. The smallest absolute Gasteiger partial charge is 0.120 e. The molecule has 0 radical (unpaired) electrons. The number of aromatic amines is 1. The largest absolute Gasteiger partial charge is 0.489 e. The lowest BCUT2D eigenvalue weighted by Crippen LogP contribution is -2.33. The minimum Gasteiger partial charge on any atom is -0.489 e. The van der Waals surface area contributed by atoms with Crippen LogP contribution in [0.25, 0.3) is 10.9 Å². The highest BCUT2D eigenvalue weighted by molar-refractivity contribution is 5.80. The van der Waals surface area contributed by atoms with Gasteiger partial charge in [0.25, 0.3) is 0 Å². The summed E-state index contributed by atoms with van der Waals surface area (Å²) in [7, 11) is 0. The van der Waals surface area contributed by atoms with Gasteiger partial charge in [-0.3, -0.25) is 0 Å². The first-order chi connectivity index (χ1) is 15.7. The zero-order chi connectivity index (χ0) is 22.6. The molecule has 1 atom stereocenters. The molecule has 32 heavy (non-hydrogen) atoms. The molecule has 0 spiro atoms. The molecule has 1 heterocycles. The van der Waals surface area contributed by atoms with Gasteiger partial charge in [-0.05, 0) is 54.9 Å². The van der Waals surface area contributed by atoms with Crippen LogP contribution in [0.1, 0.15) is 25.0 Å². The topological polar surface area (TPSA) is 48.5 Å². The molecule has 0 aliphatic rings. The van der Waals surface area contributed by atoms with E-state index in [9.17, 15) is 5.11 Å². The van der Waals surface area contributed by atoms with Gasteiger partial charge in [0.1, 0.15) is 12.4 Å². The summed E-state index contributed by atoms with van der Waals surface area (Å²) in [5.74, 6) is 0.904. The summed E-state index contributed by atoms with van der Waals surface area (Å²) < 4.78 is 5.76. The minimum atomic E-state index is -0.257. The fourth-order valence-electron chi connectivity index (χ4n) is 3.59. The molecule has 1 aromatic heterocycles. The number of nitrogens with one attached hydrogen (secondary N) is 1. The van der Waals surface area contributed by atoms with Gasteiger partial charge in [-0.25, -0.2) is 0 Å². The van der Waals surface area contributed by atoms with Crippen LogP contribution in [0.15, 0.2) is 91.1 Å². The number of aromatic nitrogens is 1. The number of ether oxygens (including phenoxy) is 1. The van der Waals surface area contributed by atoms with Crippen LogP contribution in [0.4, 0.5) is 0 Å². The number of aliphatic hydroxyl groups excluding tert-OH is 1. The average molecular weight is 431 g/mol. The van der Waals surface area contributed by atoms with Gasteiger partial charge in [0, 0.05) is 23.6 Å². The Kier molecular flexibility index (Phi) is 9.36. The molecule has 4 rings (SSSR count). The maximum absolute atomic E-state index is 9.89. The van der Waals surface area contributed by atoms with Crippen molar-refractivity contribution in [3.8, 4) is 5.75 Å². The van der Waals surface area contributed by atoms with Crippen LogP contribution in [0.3, 0.4) is 0 Å². The van der Waals surface area contributed by atoms with Crippen LogP contribution in [-0.4, -0.2) is 40.7 Å². The first-order valence-electron chi connectivity index (χ1n) is 11.4. The van der Waals surface area contributed by atoms with Gasteiger partial charge in [0.15, 0.2) is 0 Å². The predicted octanol–water partition coefficient (Wildman–Crippen LogP) is 5.68. The van der Waals surface area contributed by atoms with E-state index in [1.165, 1.54) is 16.5 Å². The number of rotatable bonds is 9. The van der Waals surface area contributed by atoms with Gasteiger partial charge < -0.3 is 19.7 Å². The van der Waals surface area contributed by atoms with Gasteiger partial charge in [-0.1, -0.05) is 74.5 Å². The van der Waals surface area contributed by atoms with Crippen LogP contribution < -0.4 is 4.74 Å². The molecule has 4 nitrogen and oxygen atoms in total. The van der Waals surface area contributed by atoms with E-state index < -0.39 is 0 Å². The van der Waals surface area contributed by atoms with Crippen molar-refractivity contribution in [2.45, 2.75) is 33.0 Å². The second kappa shape index (κ2) is 12.7. The number of nitrogens with zero attached hydrogens (tertiary/aromatic N) is 1. The van der Waals surface area contributed by atoms with Crippen LogP contribution in [0.5, 0.6) is 5.75 Å². The summed E-state index contributed by atoms with van der Waals surface area (Å²) in [6.45, 7) is 7.63. The second-order valence-corrected chi connectivity index (χ2v) is 7.83. The average Bonchev–Trinajstić information content (AvgIpc) is 3.31. The number of likely N-dealkylation sites (N-methyl/N-ethyl adjacent to an activating group) is 1. The van der Waals surface area contributed by atoms with Gasteiger partial charge in [0.2, 0.25) is 0 Å². The van der Waals surface area contributed by atoms with E-state index in [1.807, 2.05) is 60.8 Å². The van der Waals surface area contributed by atoms with Crippen molar-refractivity contribution >= 4 is 10.9 Å². The molecule has 3 aromatic carbocycles. The lowest BCUT2D eigenvalue weighted by Gasteiger charge is -2.21. The molecule has 4 heteroatoms. The molecular weight excluding hydrogens is 396 g/mol. The zero-order valence-corrected chi connectivity index (χ0v) is 19.1. The van der Waals surface area contributed by atoms with Crippen molar-refractivity contribution in [1.82, 2.24) is 9.88 Å². The van der Waals surface area contributed by atoms with E-state index in [4.69, 9.17) is 4.74 Å². The summed E-state index contributed by atoms with van der Waals surface area (Å²) in [4.78, 5) is 5.41. The first kappa shape index (κ1) is 23.6. The highest BCUT2D eigenvalue weighted by Crippen LogP contribution is 2.20. The maximum Gasteiger partial charge on any atom is 0.120 e. The zero-order valence-electron chi connectivity index (χ0n) is 19.1. The Labute approximate surface area is 191 Å². The number of benzene rings is 3. The fourth-order valence-corrected chi connectivity index (χ4v) is 3.59. The first-order valence-corrected chi connectivity index (χ1v) is 11.4. The van der Waals surface area contributed by atoms with Crippen molar-refractivity contribution in [3.63, 3.8) is 0 Å². The molecule has 0 saturated heterocycles. The number of H-pyrrole nitrogens is 1. The van der Waals surface area contributed by atoms with E-state index in [0.29, 0.717) is 6.61 Å². The van der Waals surface area contributed by atoms with E-state index in [-0.39, 0.29) is 6.10 Å². The summed E-state index contributed by atoms with van der Waals surface area (Å²) in [6, 6.07) is 28.5. The lowest BCUT2D eigenvalue weighted by molar-refractivity contribution is 0.118. The van der Waals surface area contributed by atoms with Gasteiger partial charge in [0.05, 0.1) is 6.10 Å². The van der Waals surface area contributed by atoms with Gasteiger partial charge in [-0.15, -0.1) is 0 Å². The van der Waals surface area contributed by atoms with Crippen molar-refractivity contribution in [1.29, 1.82) is 0 Å². The third-order valence-corrected chi connectivity index (χ3v) is 5.45. The summed E-state index contributed by atoms with van der Waals surface area (Å²) >= 11 is 0. The molecule has 0 aliphatic heterocycles. The molecule has 4 aromatic rings. The quantitative estimate of drug-likeness (QED) is 0.359. The van der Waals surface area contributed by atoms with Crippen LogP contribution in [0.2, 0.25) is 0 Å². The molecule has 0 amide bonds. The maximum atomic E-state index is 9.89. The van der Waals surface area contributed by atoms with Crippen molar-refractivity contribution in [2.75, 3.05) is 19.6 Å². The Morgan fingerprint density at radius 1 is 0.844 bits per heavy atom. The Bertz CT molecular complexity index is 1030. The molecule has 0 bridgehead atoms. The lowest BCUT2D eigenvalue weighted by atomic mass is 10.1. The molecule has 2 N–H and O–H groups in total. The molecule has 0 fully saturated rings. The monoisotopic (exact) mass is 430 g/mol. The number of fused-ring (bicyclic) bond motifs is 1.